The number of carbonyl (C=O) groups is 1. The number of nitrogens with one attached hydrogen (secondary N) is 2. The molecule has 0 atom stereocenters. The molecule has 9 heteroatoms. The number of carbonyl (C=O) groups excluding carboxylic acids is 1. The molecule has 9 nitrogen and oxygen atoms in total. The summed E-state index contributed by atoms with van der Waals surface area (Å²) in [4.78, 5) is 26.0. The van der Waals surface area contributed by atoms with E-state index in [-0.39, 0.29) is 5.69 Å². The number of likely N-dealkylation sites (N-methyl/N-ethyl adjacent to an activating group) is 1. The van der Waals surface area contributed by atoms with Crippen LogP contribution in [0.2, 0.25) is 0 Å². The number of anilines is 6. The fraction of sp³-hybridized carbons (Fsp3) is 0.292. The number of hydrogen-bond donors (Lipinski definition) is 4. The third-order valence-electron chi connectivity index (χ3n) is 5.68. The predicted octanol–water partition coefficient (Wildman–Crippen LogP) is 2.96. The van der Waals surface area contributed by atoms with Crippen LogP contribution in [0.25, 0.3) is 0 Å². The molecule has 0 spiro atoms. The topological polar surface area (TPSA) is 125 Å². The lowest BCUT2D eigenvalue weighted by molar-refractivity contribution is 0.0996. The number of aryl methyl sites for hydroxylation is 1. The Morgan fingerprint density at radius 2 is 1.67 bits per heavy atom. The molecule has 33 heavy (non-hydrogen) atoms. The zero-order chi connectivity index (χ0) is 23.4. The summed E-state index contributed by atoms with van der Waals surface area (Å²) in [6, 6.07) is 15.4. The third kappa shape index (κ3) is 5.32. The molecule has 1 fully saturated rings. The molecule has 1 saturated heterocycles. The molecule has 1 amide bonds. The van der Waals surface area contributed by atoms with Crippen LogP contribution >= 0.6 is 0 Å². The summed E-state index contributed by atoms with van der Waals surface area (Å²) in [6.45, 7) is 6.04. The number of amides is 1. The number of nitrogen functional groups attached to an aromatic ring is 1. The Morgan fingerprint density at radius 1 is 0.970 bits per heavy atom. The first-order valence-electron chi connectivity index (χ1n) is 11.1. The maximum absolute atomic E-state index is 12.1. The number of hydrogen-bond acceptors (Lipinski definition) is 8. The van der Waals surface area contributed by atoms with Gasteiger partial charge in [0, 0.05) is 48.9 Å². The Kier molecular flexibility index (Phi) is 6.60. The lowest BCUT2D eigenvalue weighted by Crippen LogP contribution is -2.44. The average Bonchev–Trinajstić information content (AvgIpc) is 2.80. The first-order chi connectivity index (χ1) is 15.9. The maximum atomic E-state index is 12.1. The van der Waals surface area contributed by atoms with Crippen molar-refractivity contribution in [1.29, 1.82) is 0 Å². The third-order valence-corrected chi connectivity index (χ3v) is 5.68. The Labute approximate surface area is 193 Å². The van der Waals surface area contributed by atoms with E-state index < -0.39 is 5.91 Å². The smallest absolute Gasteiger partial charge is 0.271 e. The van der Waals surface area contributed by atoms with Gasteiger partial charge in [0.25, 0.3) is 5.91 Å². The number of nitrogens with zero attached hydrogens (tertiary/aromatic N) is 4. The second-order valence-corrected chi connectivity index (χ2v) is 8.15. The van der Waals surface area contributed by atoms with Gasteiger partial charge in [0.2, 0.25) is 0 Å². The molecule has 0 bridgehead atoms. The molecule has 2 aromatic carbocycles. The van der Waals surface area contributed by atoms with Crippen molar-refractivity contribution in [2.75, 3.05) is 54.5 Å². The highest BCUT2D eigenvalue weighted by Crippen LogP contribution is 2.27. The molecule has 1 aliphatic rings. The Balaban J connectivity index is 1.59. The number of aromatic nitrogens is 2. The van der Waals surface area contributed by atoms with Gasteiger partial charge in [-0.15, -0.1) is 0 Å². The number of nitrogens with two attached hydrogens (primary N) is 2. The number of rotatable bonds is 7. The van der Waals surface area contributed by atoms with Crippen LogP contribution in [0, 0.1) is 0 Å². The van der Waals surface area contributed by atoms with E-state index >= 15 is 0 Å². The van der Waals surface area contributed by atoms with E-state index in [2.05, 4.69) is 49.6 Å². The minimum absolute atomic E-state index is 0.105. The standard InChI is InChI=1S/C24H30N8O/c1-3-20-23(28-18-6-4-5-16(25)15-18)30-24(21(29-20)22(26)33)27-17-7-9-19(10-8-17)32-13-11-31(2)12-14-32/h4-10,15H,3,11-14,25H2,1-2H3,(H2,26,33)(H2,27,28,30). The molecule has 0 saturated carbocycles. The van der Waals surface area contributed by atoms with Crippen molar-refractivity contribution >= 4 is 40.3 Å². The maximum Gasteiger partial charge on any atom is 0.271 e. The summed E-state index contributed by atoms with van der Waals surface area (Å²) < 4.78 is 0. The summed E-state index contributed by atoms with van der Waals surface area (Å²) in [7, 11) is 2.14. The van der Waals surface area contributed by atoms with Gasteiger partial charge < -0.3 is 31.9 Å². The first-order valence-corrected chi connectivity index (χ1v) is 11.1. The summed E-state index contributed by atoms with van der Waals surface area (Å²) in [5.74, 6) is 0.215. The normalized spacial score (nSPS) is 14.2. The fourth-order valence-electron chi connectivity index (χ4n) is 3.79. The van der Waals surface area contributed by atoms with Crippen LogP contribution in [0.15, 0.2) is 48.5 Å². The molecule has 3 aromatic rings. The van der Waals surface area contributed by atoms with Crippen LogP contribution in [0.1, 0.15) is 23.1 Å². The van der Waals surface area contributed by atoms with E-state index in [0.717, 1.165) is 37.6 Å². The first kappa shape index (κ1) is 22.3. The highest BCUT2D eigenvalue weighted by atomic mass is 16.1. The van der Waals surface area contributed by atoms with Crippen LogP contribution in [0.5, 0.6) is 0 Å². The van der Waals surface area contributed by atoms with Crippen LogP contribution in [0.4, 0.5) is 34.4 Å². The minimum atomic E-state index is -0.635. The quantitative estimate of drug-likeness (QED) is 0.408. The highest BCUT2D eigenvalue weighted by molar-refractivity contribution is 5.96. The van der Waals surface area contributed by atoms with Gasteiger partial charge >= 0.3 is 0 Å². The van der Waals surface area contributed by atoms with Crippen molar-refractivity contribution in [3.05, 3.63) is 59.9 Å². The summed E-state index contributed by atoms with van der Waals surface area (Å²) >= 11 is 0. The fourth-order valence-corrected chi connectivity index (χ4v) is 3.79. The molecule has 6 N–H and O–H groups in total. The monoisotopic (exact) mass is 446 g/mol. The molecule has 0 radical (unpaired) electrons. The second kappa shape index (κ2) is 9.74. The summed E-state index contributed by atoms with van der Waals surface area (Å²) in [6.07, 6.45) is 0.581. The van der Waals surface area contributed by atoms with Gasteiger partial charge in [-0.3, -0.25) is 4.79 Å². The largest absolute Gasteiger partial charge is 0.399 e. The SMILES string of the molecule is CCc1nc(C(N)=O)c(Nc2ccc(N3CCN(C)CC3)cc2)nc1Nc1cccc(N)c1. The van der Waals surface area contributed by atoms with Crippen molar-refractivity contribution in [3.8, 4) is 0 Å². The number of piperazine rings is 1. The molecular formula is C24H30N8O. The zero-order valence-corrected chi connectivity index (χ0v) is 19.0. The van der Waals surface area contributed by atoms with Gasteiger partial charge in [0.15, 0.2) is 17.3 Å². The van der Waals surface area contributed by atoms with E-state index in [1.807, 2.05) is 43.3 Å². The van der Waals surface area contributed by atoms with Crippen molar-refractivity contribution in [3.63, 3.8) is 0 Å². The van der Waals surface area contributed by atoms with Gasteiger partial charge in [0.1, 0.15) is 0 Å². The van der Waals surface area contributed by atoms with Crippen LogP contribution in [0.3, 0.4) is 0 Å². The van der Waals surface area contributed by atoms with Crippen LogP contribution < -0.4 is 27.0 Å². The van der Waals surface area contributed by atoms with Gasteiger partial charge in [-0.2, -0.15) is 0 Å². The van der Waals surface area contributed by atoms with E-state index in [1.54, 1.807) is 0 Å². The van der Waals surface area contributed by atoms with Gasteiger partial charge in [-0.05, 0) is 55.9 Å². The molecule has 0 aliphatic carbocycles. The highest BCUT2D eigenvalue weighted by Gasteiger charge is 2.18. The van der Waals surface area contributed by atoms with E-state index in [1.165, 1.54) is 5.69 Å². The molecule has 2 heterocycles. The number of primary amides is 1. The van der Waals surface area contributed by atoms with Crippen LogP contribution in [-0.4, -0.2) is 54.0 Å². The zero-order valence-electron chi connectivity index (χ0n) is 19.0. The molecule has 4 rings (SSSR count). The molecule has 172 valence electrons. The lowest BCUT2D eigenvalue weighted by Gasteiger charge is -2.34. The summed E-state index contributed by atoms with van der Waals surface area (Å²) in [5, 5.41) is 6.47. The van der Waals surface area contributed by atoms with Crippen molar-refractivity contribution in [2.24, 2.45) is 5.73 Å². The van der Waals surface area contributed by atoms with Crippen molar-refractivity contribution < 1.29 is 4.79 Å². The molecular weight excluding hydrogens is 416 g/mol. The van der Waals surface area contributed by atoms with Gasteiger partial charge in [-0.25, -0.2) is 9.97 Å². The minimum Gasteiger partial charge on any atom is -0.399 e. The van der Waals surface area contributed by atoms with Crippen LogP contribution in [-0.2, 0) is 6.42 Å². The molecule has 0 unspecified atom stereocenters. The van der Waals surface area contributed by atoms with E-state index in [4.69, 9.17) is 11.5 Å². The Hall–Kier alpha value is -3.85. The van der Waals surface area contributed by atoms with E-state index in [0.29, 0.717) is 29.4 Å². The van der Waals surface area contributed by atoms with Gasteiger partial charge in [0.05, 0.1) is 5.69 Å². The van der Waals surface area contributed by atoms with Crippen molar-refractivity contribution in [1.82, 2.24) is 14.9 Å². The Morgan fingerprint density at radius 3 is 2.30 bits per heavy atom. The molecule has 1 aliphatic heterocycles. The summed E-state index contributed by atoms with van der Waals surface area (Å²) in [5.41, 5.74) is 15.6. The average molecular weight is 447 g/mol. The second-order valence-electron chi connectivity index (χ2n) is 8.15. The van der Waals surface area contributed by atoms with Gasteiger partial charge in [-0.1, -0.05) is 13.0 Å². The van der Waals surface area contributed by atoms with E-state index in [9.17, 15) is 4.79 Å². The van der Waals surface area contributed by atoms with Crippen molar-refractivity contribution in [2.45, 2.75) is 13.3 Å². The number of benzene rings is 2. The molecule has 1 aromatic heterocycles. The lowest BCUT2D eigenvalue weighted by atomic mass is 10.2. The Bertz CT molecular complexity index is 1120. The predicted molar refractivity (Wildman–Crippen MR) is 133 cm³/mol.